The fourth-order valence-electron chi connectivity index (χ4n) is 2.17. The van der Waals surface area contributed by atoms with Crippen molar-refractivity contribution < 1.29 is 17.7 Å². The Morgan fingerprint density at radius 3 is 2.44 bits per heavy atom. The number of rotatable bonds is 5. The first kappa shape index (κ1) is 13.3. The van der Waals surface area contributed by atoms with Crippen molar-refractivity contribution >= 4 is 12.4 Å². The van der Waals surface area contributed by atoms with Gasteiger partial charge in [-0.25, -0.2) is 0 Å². The highest BCUT2D eigenvalue weighted by Gasteiger charge is 2.28. The molecule has 6 heteroatoms. The van der Waals surface area contributed by atoms with Crippen LogP contribution >= 0.6 is 0 Å². The number of halogens is 3. The molecule has 2 nitrogen and oxygen atoms in total. The van der Waals surface area contributed by atoms with Crippen molar-refractivity contribution in [2.45, 2.75) is 12.8 Å². The Hall–Kier alpha value is -1.17. The average molecular weight is 258 g/mol. The summed E-state index contributed by atoms with van der Waals surface area (Å²) in [6.45, 7) is -1.96. The normalized spacial score (nSPS) is 17.1. The summed E-state index contributed by atoms with van der Waals surface area (Å²) in [6, 6.07) is 5.41. The lowest BCUT2D eigenvalue weighted by molar-refractivity contribution is 0.238. The van der Waals surface area contributed by atoms with Crippen LogP contribution in [0.1, 0.15) is 12.8 Å². The van der Waals surface area contributed by atoms with Crippen molar-refractivity contribution in [2.24, 2.45) is 0 Å². The fourth-order valence-corrected chi connectivity index (χ4v) is 2.17. The smallest absolute Gasteiger partial charge is 0.495 e. The maximum absolute atomic E-state index is 12.7. The zero-order valence-electron chi connectivity index (χ0n) is 10.1. The number of para-hydroxylation sites is 1. The predicted octanol–water partition coefficient (Wildman–Crippen LogP) is 2.22. The number of benzene rings is 1. The van der Waals surface area contributed by atoms with Crippen molar-refractivity contribution in [1.29, 1.82) is 0 Å². The molecule has 1 aromatic rings. The minimum absolute atomic E-state index is 0.0517. The molecule has 0 N–H and O–H groups in total. The largest absolute Gasteiger partial charge is 0.513 e. The highest BCUT2D eigenvalue weighted by atomic mass is 19.4. The molecule has 0 aromatic heterocycles. The molecule has 0 saturated carbocycles. The van der Waals surface area contributed by atoms with Crippen LogP contribution < -0.4 is 10.2 Å². The molecule has 1 fully saturated rings. The van der Waals surface area contributed by atoms with Gasteiger partial charge in [0, 0.05) is 6.54 Å². The van der Waals surface area contributed by atoms with Gasteiger partial charge in [-0.2, -0.15) is 0 Å². The maximum Gasteiger partial charge on any atom is 0.513 e. The lowest BCUT2D eigenvalue weighted by Crippen LogP contribution is -2.36. The van der Waals surface area contributed by atoms with E-state index in [2.05, 4.69) is 4.90 Å². The quantitative estimate of drug-likeness (QED) is 0.751. The molecule has 1 saturated heterocycles. The number of ether oxygens (including phenoxy) is 1. The Kier molecular flexibility index (Phi) is 4.17. The molecule has 0 atom stereocenters. The van der Waals surface area contributed by atoms with Crippen molar-refractivity contribution in [3.05, 3.63) is 24.3 Å². The molecule has 0 aliphatic carbocycles. The highest BCUT2D eigenvalue weighted by molar-refractivity contribution is 6.74. The Balaban J connectivity index is 1.92. The van der Waals surface area contributed by atoms with Crippen LogP contribution in [-0.2, 0) is 0 Å². The average Bonchev–Trinajstić information content (AvgIpc) is 2.81. The Bertz CT molecular complexity index is 391. The van der Waals surface area contributed by atoms with Crippen LogP contribution in [-0.4, -0.2) is 38.1 Å². The van der Waals surface area contributed by atoms with E-state index in [0.29, 0.717) is 13.2 Å². The molecule has 0 unspecified atom stereocenters. The second-order valence-electron chi connectivity index (χ2n) is 4.51. The molecule has 18 heavy (non-hydrogen) atoms. The molecule has 0 radical (unpaired) electrons. The van der Waals surface area contributed by atoms with Crippen LogP contribution in [0.2, 0.25) is 0 Å². The van der Waals surface area contributed by atoms with Gasteiger partial charge in [0.05, 0.1) is 5.75 Å². The van der Waals surface area contributed by atoms with Crippen LogP contribution in [0.25, 0.3) is 0 Å². The van der Waals surface area contributed by atoms with Crippen molar-refractivity contribution in [3.63, 3.8) is 0 Å². The van der Waals surface area contributed by atoms with Crippen molar-refractivity contribution in [2.75, 3.05) is 26.2 Å². The van der Waals surface area contributed by atoms with Crippen LogP contribution in [0, 0.1) is 0 Å². The van der Waals surface area contributed by atoms with E-state index in [9.17, 15) is 12.9 Å². The van der Waals surface area contributed by atoms with E-state index < -0.39 is 12.4 Å². The summed E-state index contributed by atoms with van der Waals surface area (Å²) in [7, 11) is 0. The predicted molar refractivity (Wildman–Crippen MR) is 66.3 cm³/mol. The van der Waals surface area contributed by atoms with E-state index in [1.54, 1.807) is 6.07 Å². The van der Waals surface area contributed by atoms with E-state index in [0.717, 1.165) is 19.2 Å². The zero-order chi connectivity index (χ0) is 13.0. The number of hydrogen-bond donors (Lipinski definition) is 0. The third-order valence-corrected chi connectivity index (χ3v) is 3.14. The second kappa shape index (κ2) is 5.65. The molecule has 1 heterocycles. The first-order valence-electron chi connectivity index (χ1n) is 6.21. The zero-order valence-corrected chi connectivity index (χ0v) is 10.1. The summed E-state index contributed by atoms with van der Waals surface area (Å²) < 4.78 is 43.5. The lowest BCUT2D eigenvalue weighted by Gasteiger charge is -2.21. The number of likely N-dealkylation sites (tertiary alicyclic amines) is 1. The van der Waals surface area contributed by atoms with E-state index in [1.807, 2.05) is 0 Å². The van der Waals surface area contributed by atoms with Crippen LogP contribution in [0.15, 0.2) is 24.3 Å². The van der Waals surface area contributed by atoms with Gasteiger partial charge in [-0.15, -0.1) is 0 Å². The standard InChI is InChI=1S/C12H16BF3NO/c14-13(15,16)11-5-1-2-6-12(11)18-10-9-17-7-3-4-8-17/h1-2,5-6H,3-4,7-10H2/q-1. The molecule has 0 spiro atoms. The van der Waals surface area contributed by atoms with Crippen LogP contribution in [0.3, 0.4) is 0 Å². The minimum Gasteiger partial charge on any atom is -0.495 e. The van der Waals surface area contributed by atoms with Gasteiger partial charge < -0.3 is 17.7 Å². The van der Waals surface area contributed by atoms with Gasteiger partial charge >= 0.3 is 6.98 Å². The van der Waals surface area contributed by atoms with Gasteiger partial charge in [-0.3, -0.25) is 4.90 Å². The Morgan fingerprint density at radius 1 is 1.11 bits per heavy atom. The van der Waals surface area contributed by atoms with E-state index in [-0.39, 0.29) is 5.75 Å². The fraction of sp³-hybridized carbons (Fsp3) is 0.500. The number of nitrogens with zero attached hydrogens (tertiary/aromatic N) is 1. The van der Waals surface area contributed by atoms with E-state index in [4.69, 9.17) is 4.74 Å². The van der Waals surface area contributed by atoms with Gasteiger partial charge in [0.15, 0.2) is 0 Å². The molecule has 1 aliphatic heterocycles. The summed E-state index contributed by atoms with van der Waals surface area (Å²) in [5.74, 6) is -0.0517. The first-order chi connectivity index (χ1) is 8.57. The topological polar surface area (TPSA) is 12.5 Å². The molecule has 1 aliphatic rings. The molecule has 2 rings (SSSR count). The second-order valence-corrected chi connectivity index (χ2v) is 4.51. The van der Waals surface area contributed by atoms with E-state index in [1.165, 1.54) is 25.0 Å². The Morgan fingerprint density at radius 2 is 1.78 bits per heavy atom. The molecule has 0 amide bonds. The van der Waals surface area contributed by atoms with Gasteiger partial charge in [-0.05, 0) is 32.0 Å². The van der Waals surface area contributed by atoms with Crippen LogP contribution in [0.4, 0.5) is 12.9 Å². The van der Waals surface area contributed by atoms with Gasteiger partial charge in [-0.1, -0.05) is 23.7 Å². The lowest BCUT2D eigenvalue weighted by atomic mass is 9.79. The summed E-state index contributed by atoms with van der Waals surface area (Å²) in [4.78, 5) is 2.21. The SMILES string of the molecule is F[B-](F)(F)c1ccccc1OCCN1CCCC1. The minimum atomic E-state index is -5.01. The maximum atomic E-state index is 12.7. The molecular weight excluding hydrogens is 242 g/mol. The van der Waals surface area contributed by atoms with Gasteiger partial charge in [0.2, 0.25) is 0 Å². The molecule has 1 aromatic carbocycles. The summed E-state index contributed by atoms with van der Waals surface area (Å²) in [5.41, 5.74) is -0.640. The van der Waals surface area contributed by atoms with E-state index >= 15 is 0 Å². The van der Waals surface area contributed by atoms with Gasteiger partial charge in [0.25, 0.3) is 0 Å². The molecule has 0 bridgehead atoms. The van der Waals surface area contributed by atoms with Gasteiger partial charge in [0.1, 0.15) is 6.61 Å². The highest BCUT2D eigenvalue weighted by Crippen LogP contribution is 2.17. The molecule has 100 valence electrons. The number of hydrogen-bond acceptors (Lipinski definition) is 2. The third kappa shape index (κ3) is 3.42. The summed E-state index contributed by atoms with van der Waals surface area (Å²) in [6.07, 6.45) is 2.34. The van der Waals surface area contributed by atoms with Crippen molar-refractivity contribution in [1.82, 2.24) is 4.90 Å². The van der Waals surface area contributed by atoms with Crippen LogP contribution in [0.5, 0.6) is 5.75 Å². The molecular formula is C12H16BF3NO-. The third-order valence-electron chi connectivity index (χ3n) is 3.14. The first-order valence-corrected chi connectivity index (χ1v) is 6.21. The Labute approximate surface area is 105 Å². The van der Waals surface area contributed by atoms with Crippen molar-refractivity contribution in [3.8, 4) is 5.75 Å². The monoisotopic (exact) mass is 258 g/mol. The summed E-state index contributed by atoms with van der Waals surface area (Å²) >= 11 is 0. The summed E-state index contributed by atoms with van der Waals surface area (Å²) in [5, 5.41) is 0.